The number of carbonyl (C=O) groups excluding carboxylic acids is 1. The molecule has 0 spiro atoms. The Bertz CT molecular complexity index is 973. The predicted octanol–water partition coefficient (Wildman–Crippen LogP) is 3.55. The molecule has 2 aromatic rings. The smallest absolute Gasteiger partial charge is 0.261 e. The van der Waals surface area contributed by atoms with E-state index in [2.05, 4.69) is 22.0 Å². The Balaban J connectivity index is 1.58. The fourth-order valence-electron chi connectivity index (χ4n) is 3.17. The molecular weight excluding hydrogens is 433 g/mol. The molecule has 1 aliphatic rings. The zero-order valence-electron chi connectivity index (χ0n) is 16.0. The molecule has 1 amide bonds. The second-order valence-electron chi connectivity index (χ2n) is 7.20. The van der Waals surface area contributed by atoms with Gasteiger partial charge in [-0.3, -0.25) is 9.52 Å². The van der Waals surface area contributed by atoms with E-state index in [9.17, 15) is 13.2 Å². The van der Waals surface area contributed by atoms with Gasteiger partial charge in [0.05, 0.1) is 21.4 Å². The lowest BCUT2D eigenvalue weighted by molar-refractivity contribution is -0.121. The number of nitrogens with zero attached hydrogens (tertiary/aromatic N) is 1. The maximum atomic E-state index is 12.5. The predicted molar refractivity (Wildman–Crippen MR) is 116 cm³/mol. The maximum absolute atomic E-state index is 12.5. The molecule has 0 saturated carbocycles. The lowest BCUT2D eigenvalue weighted by atomic mass is 10.0. The summed E-state index contributed by atoms with van der Waals surface area (Å²) in [7, 11) is -1.71. The number of amides is 1. The Hall–Kier alpha value is -1.80. The van der Waals surface area contributed by atoms with Crippen molar-refractivity contribution in [2.75, 3.05) is 24.9 Å². The average Bonchev–Trinajstić information content (AvgIpc) is 2.67. The Labute approximate surface area is 181 Å². The van der Waals surface area contributed by atoms with Gasteiger partial charge < -0.3 is 10.2 Å². The number of piperidine rings is 1. The largest absolute Gasteiger partial charge is 0.353 e. The highest BCUT2D eigenvalue weighted by atomic mass is 35.5. The van der Waals surface area contributed by atoms with Crippen LogP contribution in [0.3, 0.4) is 0 Å². The van der Waals surface area contributed by atoms with Gasteiger partial charge in [-0.2, -0.15) is 0 Å². The van der Waals surface area contributed by atoms with Crippen LogP contribution in [0.15, 0.2) is 47.4 Å². The fraction of sp³-hybridized carbons (Fsp3) is 0.350. The van der Waals surface area contributed by atoms with Gasteiger partial charge in [0.25, 0.3) is 10.0 Å². The van der Waals surface area contributed by atoms with Crippen LogP contribution in [0.2, 0.25) is 10.0 Å². The molecule has 0 radical (unpaired) electrons. The van der Waals surface area contributed by atoms with Gasteiger partial charge in [-0.15, -0.1) is 0 Å². The number of rotatable bonds is 6. The lowest BCUT2D eigenvalue weighted by Gasteiger charge is -2.29. The summed E-state index contributed by atoms with van der Waals surface area (Å²) in [5.74, 6) is -0.0244. The van der Waals surface area contributed by atoms with Crippen LogP contribution in [0.5, 0.6) is 0 Å². The first-order valence-corrected chi connectivity index (χ1v) is 11.5. The number of likely N-dealkylation sites (tertiary alicyclic amines) is 1. The summed E-state index contributed by atoms with van der Waals surface area (Å²) in [6.07, 6.45) is 2.17. The highest BCUT2D eigenvalue weighted by Gasteiger charge is 2.19. The average molecular weight is 456 g/mol. The molecule has 6 nitrogen and oxygen atoms in total. The van der Waals surface area contributed by atoms with Gasteiger partial charge in [-0.1, -0.05) is 35.3 Å². The van der Waals surface area contributed by atoms with Crippen LogP contribution >= 0.6 is 23.2 Å². The molecule has 0 aliphatic carbocycles. The van der Waals surface area contributed by atoms with Crippen molar-refractivity contribution in [2.45, 2.75) is 30.2 Å². The molecule has 0 atom stereocenters. The third kappa shape index (κ3) is 6.09. The van der Waals surface area contributed by atoms with Crippen molar-refractivity contribution in [3.63, 3.8) is 0 Å². The Morgan fingerprint density at radius 1 is 1.07 bits per heavy atom. The molecule has 1 saturated heterocycles. The third-order valence-electron chi connectivity index (χ3n) is 4.86. The molecular formula is C20H23Cl2N3O3S. The molecule has 0 bridgehead atoms. The lowest BCUT2D eigenvalue weighted by Crippen LogP contribution is -2.43. The molecule has 156 valence electrons. The zero-order chi connectivity index (χ0) is 21.0. The number of anilines is 1. The molecule has 9 heteroatoms. The van der Waals surface area contributed by atoms with Crippen LogP contribution in [-0.4, -0.2) is 45.4 Å². The highest BCUT2D eigenvalue weighted by Crippen LogP contribution is 2.26. The van der Waals surface area contributed by atoms with E-state index < -0.39 is 10.0 Å². The van der Waals surface area contributed by atoms with Crippen LogP contribution in [0.4, 0.5) is 5.69 Å². The molecule has 29 heavy (non-hydrogen) atoms. The van der Waals surface area contributed by atoms with E-state index in [4.69, 9.17) is 23.2 Å². The number of halogens is 2. The Kier molecular flexibility index (Phi) is 7.05. The summed E-state index contributed by atoms with van der Waals surface area (Å²) in [6.45, 7) is 1.97. The second-order valence-corrected chi connectivity index (χ2v) is 9.70. The first-order chi connectivity index (χ1) is 13.7. The SMILES string of the molecule is CN1CCC(NC(=O)Cc2ccc(NS(=O)(=O)c3ccc(Cl)c(Cl)c3)cc2)CC1. The molecule has 1 aliphatic heterocycles. The molecule has 1 fully saturated rings. The summed E-state index contributed by atoms with van der Waals surface area (Å²) in [5, 5.41) is 3.52. The molecule has 0 aromatic heterocycles. The number of hydrogen-bond donors (Lipinski definition) is 2. The topological polar surface area (TPSA) is 78.5 Å². The van der Waals surface area contributed by atoms with Crippen LogP contribution in [0.1, 0.15) is 18.4 Å². The number of benzene rings is 2. The number of carbonyl (C=O) groups is 1. The molecule has 1 heterocycles. The van der Waals surface area contributed by atoms with Gasteiger partial charge >= 0.3 is 0 Å². The second kappa shape index (κ2) is 9.34. The van der Waals surface area contributed by atoms with E-state index in [-0.39, 0.29) is 33.3 Å². The summed E-state index contributed by atoms with van der Waals surface area (Å²) in [6, 6.07) is 11.1. The van der Waals surface area contributed by atoms with Gasteiger partial charge in [0.1, 0.15) is 0 Å². The van der Waals surface area contributed by atoms with Crippen molar-refractivity contribution in [3.8, 4) is 0 Å². The van der Waals surface area contributed by atoms with Crippen molar-refractivity contribution in [2.24, 2.45) is 0 Å². The highest BCUT2D eigenvalue weighted by molar-refractivity contribution is 7.92. The Morgan fingerprint density at radius 3 is 2.34 bits per heavy atom. The van der Waals surface area contributed by atoms with Crippen molar-refractivity contribution >= 4 is 44.8 Å². The normalized spacial score (nSPS) is 15.8. The Morgan fingerprint density at radius 2 is 1.72 bits per heavy atom. The minimum atomic E-state index is -3.79. The van der Waals surface area contributed by atoms with E-state index in [1.54, 1.807) is 24.3 Å². The monoisotopic (exact) mass is 455 g/mol. The number of nitrogens with one attached hydrogen (secondary N) is 2. The first kappa shape index (κ1) is 21.9. The van der Waals surface area contributed by atoms with E-state index in [0.717, 1.165) is 31.5 Å². The van der Waals surface area contributed by atoms with Gasteiger partial charge in [-0.25, -0.2) is 8.42 Å². The van der Waals surface area contributed by atoms with Crippen LogP contribution in [0.25, 0.3) is 0 Å². The first-order valence-electron chi connectivity index (χ1n) is 9.28. The van der Waals surface area contributed by atoms with Crippen molar-refractivity contribution in [1.82, 2.24) is 10.2 Å². The van der Waals surface area contributed by atoms with Crippen molar-refractivity contribution < 1.29 is 13.2 Å². The summed E-state index contributed by atoms with van der Waals surface area (Å²) in [5.41, 5.74) is 1.21. The van der Waals surface area contributed by atoms with Crippen LogP contribution in [0, 0.1) is 0 Å². The molecule has 0 unspecified atom stereocenters. The van der Waals surface area contributed by atoms with Crippen LogP contribution in [-0.2, 0) is 21.2 Å². The third-order valence-corrected chi connectivity index (χ3v) is 6.97. The fourth-order valence-corrected chi connectivity index (χ4v) is 4.61. The molecule has 3 rings (SSSR count). The quantitative estimate of drug-likeness (QED) is 0.697. The zero-order valence-corrected chi connectivity index (χ0v) is 18.3. The minimum Gasteiger partial charge on any atom is -0.353 e. The van der Waals surface area contributed by atoms with E-state index in [1.165, 1.54) is 18.2 Å². The van der Waals surface area contributed by atoms with Gasteiger partial charge in [0, 0.05) is 11.7 Å². The number of hydrogen-bond acceptors (Lipinski definition) is 4. The van der Waals surface area contributed by atoms with E-state index >= 15 is 0 Å². The number of sulfonamides is 1. The van der Waals surface area contributed by atoms with Gasteiger partial charge in [-0.05, 0) is 68.9 Å². The van der Waals surface area contributed by atoms with E-state index in [0.29, 0.717) is 5.69 Å². The summed E-state index contributed by atoms with van der Waals surface area (Å²) in [4.78, 5) is 14.5. The van der Waals surface area contributed by atoms with Crippen molar-refractivity contribution in [1.29, 1.82) is 0 Å². The van der Waals surface area contributed by atoms with Gasteiger partial charge in [0.2, 0.25) is 5.91 Å². The van der Waals surface area contributed by atoms with Gasteiger partial charge in [0.15, 0.2) is 0 Å². The minimum absolute atomic E-state index is 0.0217. The molecule has 2 aromatic carbocycles. The molecule has 2 N–H and O–H groups in total. The maximum Gasteiger partial charge on any atom is 0.261 e. The standard InChI is InChI=1S/C20H23Cl2N3O3S/c1-25-10-8-15(9-11-25)23-20(26)12-14-2-4-16(5-3-14)24-29(27,28)17-6-7-18(21)19(22)13-17/h2-7,13,15,24H,8-12H2,1H3,(H,23,26). The summed E-state index contributed by atoms with van der Waals surface area (Å²) < 4.78 is 27.5. The van der Waals surface area contributed by atoms with Crippen molar-refractivity contribution in [3.05, 3.63) is 58.1 Å². The van der Waals surface area contributed by atoms with Crippen LogP contribution < -0.4 is 10.0 Å². The summed E-state index contributed by atoms with van der Waals surface area (Å²) >= 11 is 11.7. The van der Waals surface area contributed by atoms with E-state index in [1.807, 2.05) is 0 Å².